The van der Waals surface area contributed by atoms with Gasteiger partial charge in [0.15, 0.2) is 12.4 Å². The van der Waals surface area contributed by atoms with Crippen molar-refractivity contribution in [2.75, 3.05) is 7.05 Å². The molecule has 0 atom stereocenters. The summed E-state index contributed by atoms with van der Waals surface area (Å²) in [7, 11) is 3.50. The number of halogens is 3. The van der Waals surface area contributed by atoms with Crippen LogP contribution in [0.1, 0.15) is 16.2 Å². The van der Waals surface area contributed by atoms with E-state index < -0.39 is 5.82 Å². The summed E-state index contributed by atoms with van der Waals surface area (Å²) in [5.41, 5.74) is 1.17. The number of hydrogen-bond donors (Lipinski definition) is 0. The van der Waals surface area contributed by atoms with Crippen LogP contribution in [-0.2, 0) is 20.3 Å². The average Bonchev–Trinajstić information content (AvgIpc) is 3.24. The van der Waals surface area contributed by atoms with Crippen molar-refractivity contribution in [1.82, 2.24) is 24.5 Å². The molecule has 0 bridgehead atoms. The summed E-state index contributed by atoms with van der Waals surface area (Å²) >= 11 is 9.14. The predicted molar refractivity (Wildman–Crippen MR) is 101 cm³/mol. The molecule has 2 aromatic heterocycles. The number of aryl methyl sites for hydroxylation is 1. The van der Waals surface area contributed by atoms with Gasteiger partial charge in [-0.3, -0.25) is 9.48 Å². The quantitative estimate of drug-likeness (QED) is 0.570. The third-order valence-corrected chi connectivity index (χ3v) is 4.81. The maximum absolute atomic E-state index is 13.2. The van der Waals surface area contributed by atoms with Gasteiger partial charge in [-0.05, 0) is 34.1 Å². The molecule has 1 aromatic carbocycles. The number of benzene rings is 1. The highest BCUT2D eigenvalue weighted by molar-refractivity contribution is 9.10. The highest BCUT2D eigenvalue weighted by Crippen LogP contribution is 2.21. The van der Waals surface area contributed by atoms with Crippen molar-refractivity contribution < 1.29 is 13.9 Å². The van der Waals surface area contributed by atoms with Crippen molar-refractivity contribution in [3.8, 4) is 5.75 Å². The molecule has 0 N–H and O–H groups in total. The smallest absolute Gasteiger partial charge is 0.274 e. The second-order valence-corrected chi connectivity index (χ2v) is 7.08. The van der Waals surface area contributed by atoms with Crippen LogP contribution in [0.2, 0.25) is 5.02 Å². The first kappa shape index (κ1) is 19.4. The maximum atomic E-state index is 13.2. The minimum Gasteiger partial charge on any atom is -0.471 e. The third-order valence-electron chi connectivity index (χ3n) is 3.86. The van der Waals surface area contributed by atoms with Gasteiger partial charge in [0.05, 0.1) is 27.9 Å². The van der Waals surface area contributed by atoms with Gasteiger partial charge >= 0.3 is 0 Å². The summed E-state index contributed by atoms with van der Waals surface area (Å²) in [4.78, 5) is 14.1. The number of hydrogen-bond acceptors (Lipinski definition) is 4. The fraction of sp³-hybridized carbons (Fsp3) is 0.235. The lowest BCUT2D eigenvalue weighted by atomic mass is 10.3. The van der Waals surface area contributed by atoms with Crippen LogP contribution < -0.4 is 4.74 Å². The van der Waals surface area contributed by atoms with E-state index in [-0.39, 0.29) is 23.4 Å². The van der Waals surface area contributed by atoms with Crippen molar-refractivity contribution in [2.45, 2.75) is 13.3 Å². The van der Waals surface area contributed by atoms with Crippen molar-refractivity contribution in [2.24, 2.45) is 7.05 Å². The van der Waals surface area contributed by atoms with E-state index in [1.807, 2.05) is 7.05 Å². The fourth-order valence-electron chi connectivity index (χ4n) is 2.36. The van der Waals surface area contributed by atoms with Gasteiger partial charge in [0.25, 0.3) is 5.91 Å². The molecule has 10 heteroatoms. The molecule has 0 radical (unpaired) electrons. The molecule has 0 aliphatic rings. The van der Waals surface area contributed by atoms with Gasteiger partial charge in [-0.1, -0.05) is 11.6 Å². The number of nitrogens with zero attached hydrogens (tertiary/aromatic N) is 5. The molecular weight excluding hydrogens is 441 g/mol. The minimum absolute atomic E-state index is 0.0215. The Kier molecular flexibility index (Phi) is 5.81. The summed E-state index contributed by atoms with van der Waals surface area (Å²) in [6, 6.07) is 5.68. The summed E-state index contributed by atoms with van der Waals surface area (Å²) in [5, 5.41) is 8.33. The molecule has 0 aliphatic heterocycles. The van der Waals surface area contributed by atoms with Crippen LogP contribution in [0.5, 0.6) is 5.75 Å². The second kappa shape index (κ2) is 8.10. The molecule has 0 saturated carbocycles. The zero-order chi connectivity index (χ0) is 19.6. The summed E-state index contributed by atoms with van der Waals surface area (Å²) in [6.45, 7) is 0.444. The SMILES string of the molecule is CN(Cc1c(Br)cnn1C)C(=O)c1ccn(COc2ccc(F)c(Cl)c2)n1. The van der Waals surface area contributed by atoms with Gasteiger partial charge in [-0.15, -0.1) is 0 Å². The van der Waals surface area contributed by atoms with E-state index in [2.05, 4.69) is 26.1 Å². The lowest BCUT2D eigenvalue weighted by molar-refractivity contribution is 0.0773. The predicted octanol–water partition coefficient (Wildman–Crippen LogP) is 3.48. The molecule has 0 fully saturated rings. The normalized spacial score (nSPS) is 10.9. The Morgan fingerprint density at radius 1 is 1.41 bits per heavy atom. The molecule has 0 aliphatic carbocycles. The van der Waals surface area contributed by atoms with Gasteiger partial charge in [0.1, 0.15) is 11.6 Å². The first-order chi connectivity index (χ1) is 12.8. The Hall–Kier alpha value is -2.39. The van der Waals surface area contributed by atoms with Crippen molar-refractivity contribution in [1.29, 1.82) is 0 Å². The largest absolute Gasteiger partial charge is 0.471 e. The van der Waals surface area contributed by atoms with Gasteiger partial charge < -0.3 is 9.64 Å². The zero-order valence-electron chi connectivity index (χ0n) is 14.6. The molecule has 7 nitrogen and oxygen atoms in total. The third kappa shape index (κ3) is 4.48. The fourth-order valence-corrected chi connectivity index (χ4v) is 3.00. The Bertz CT molecular complexity index is 955. The first-order valence-electron chi connectivity index (χ1n) is 7.88. The van der Waals surface area contributed by atoms with E-state index in [1.54, 1.807) is 35.1 Å². The van der Waals surface area contributed by atoms with Gasteiger partial charge in [-0.25, -0.2) is 9.07 Å². The Morgan fingerprint density at radius 2 is 2.19 bits per heavy atom. The van der Waals surface area contributed by atoms with Crippen molar-refractivity contribution >= 4 is 33.4 Å². The van der Waals surface area contributed by atoms with E-state index in [0.29, 0.717) is 12.3 Å². The maximum Gasteiger partial charge on any atom is 0.274 e. The van der Waals surface area contributed by atoms with Crippen LogP contribution >= 0.6 is 27.5 Å². The standard InChI is InChI=1S/C17H16BrClFN5O2/c1-23(9-16-12(18)8-21-24(16)2)17(26)15-5-6-25(22-15)10-27-11-3-4-14(20)13(19)7-11/h3-8H,9-10H2,1-2H3. The van der Waals surface area contributed by atoms with E-state index in [4.69, 9.17) is 16.3 Å². The molecule has 0 saturated heterocycles. The van der Waals surface area contributed by atoms with E-state index >= 15 is 0 Å². The van der Waals surface area contributed by atoms with Gasteiger partial charge in [0, 0.05) is 26.4 Å². The van der Waals surface area contributed by atoms with E-state index in [9.17, 15) is 9.18 Å². The van der Waals surface area contributed by atoms with Crippen LogP contribution in [0.15, 0.2) is 41.1 Å². The number of carbonyl (C=O) groups is 1. The van der Waals surface area contributed by atoms with Crippen LogP contribution in [0.4, 0.5) is 4.39 Å². The van der Waals surface area contributed by atoms with Crippen molar-refractivity contribution in [3.63, 3.8) is 0 Å². The molecule has 1 amide bonds. The highest BCUT2D eigenvalue weighted by atomic mass is 79.9. The second-order valence-electron chi connectivity index (χ2n) is 5.81. The molecule has 3 aromatic rings. The molecule has 2 heterocycles. The monoisotopic (exact) mass is 455 g/mol. The van der Waals surface area contributed by atoms with Crippen LogP contribution in [0.25, 0.3) is 0 Å². The van der Waals surface area contributed by atoms with Crippen LogP contribution in [0.3, 0.4) is 0 Å². The number of aromatic nitrogens is 4. The zero-order valence-corrected chi connectivity index (χ0v) is 16.9. The van der Waals surface area contributed by atoms with Gasteiger partial charge in [0.2, 0.25) is 0 Å². The minimum atomic E-state index is -0.515. The Morgan fingerprint density at radius 3 is 2.85 bits per heavy atom. The number of amides is 1. The first-order valence-corrected chi connectivity index (χ1v) is 9.05. The molecule has 0 spiro atoms. The van der Waals surface area contributed by atoms with E-state index in [1.165, 1.54) is 22.9 Å². The lowest BCUT2D eigenvalue weighted by Crippen LogP contribution is -2.28. The number of rotatable bonds is 6. The Labute approximate surface area is 168 Å². The van der Waals surface area contributed by atoms with Gasteiger partial charge in [-0.2, -0.15) is 10.2 Å². The highest BCUT2D eigenvalue weighted by Gasteiger charge is 2.18. The van der Waals surface area contributed by atoms with Crippen molar-refractivity contribution in [3.05, 3.63) is 63.4 Å². The average molecular weight is 457 g/mol. The molecule has 3 rings (SSSR count). The molecule has 27 heavy (non-hydrogen) atoms. The number of carbonyl (C=O) groups excluding carboxylic acids is 1. The van der Waals surface area contributed by atoms with Crippen LogP contribution in [-0.4, -0.2) is 37.4 Å². The Balaban J connectivity index is 1.62. The summed E-state index contributed by atoms with van der Waals surface area (Å²) in [6.07, 6.45) is 3.31. The summed E-state index contributed by atoms with van der Waals surface area (Å²) in [5.74, 6) is -0.339. The molecule has 142 valence electrons. The molecular formula is C17H16BrClFN5O2. The summed E-state index contributed by atoms with van der Waals surface area (Å²) < 4.78 is 22.7. The molecule has 0 unspecified atom stereocenters. The topological polar surface area (TPSA) is 65.2 Å². The van der Waals surface area contributed by atoms with E-state index in [0.717, 1.165) is 10.2 Å². The van der Waals surface area contributed by atoms with Crippen LogP contribution in [0, 0.1) is 5.82 Å². The lowest BCUT2D eigenvalue weighted by Gasteiger charge is -2.16. The number of ether oxygens (including phenoxy) is 1.